The molecule has 3 aromatic heterocycles. The number of rotatable bonds is 7. The summed E-state index contributed by atoms with van der Waals surface area (Å²) in [6.45, 7) is 7.73. The quantitative estimate of drug-likeness (QED) is 0.380. The van der Waals surface area contributed by atoms with E-state index < -0.39 is 0 Å². The Bertz CT molecular complexity index is 1500. The Morgan fingerprint density at radius 1 is 1.08 bits per heavy atom. The van der Waals surface area contributed by atoms with Gasteiger partial charge in [0.1, 0.15) is 5.65 Å². The molecule has 1 saturated carbocycles. The summed E-state index contributed by atoms with van der Waals surface area (Å²) in [5.74, 6) is 2.08. The number of hydrogen-bond donors (Lipinski definition) is 1. The molecule has 0 amide bonds. The Hall–Kier alpha value is -3.59. The zero-order chi connectivity index (χ0) is 25.5. The van der Waals surface area contributed by atoms with Crippen LogP contribution in [0.1, 0.15) is 57.0 Å². The summed E-state index contributed by atoms with van der Waals surface area (Å²) in [6, 6.07) is 8.30. The van der Waals surface area contributed by atoms with Gasteiger partial charge in [-0.3, -0.25) is 9.36 Å². The minimum absolute atomic E-state index is 0.0306. The number of aryl methyl sites for hydroxylation is 1. The minimum Gasteiger partial charge on any atom is -0.421 e. The summed E-state index contributed by atoms with van der Waals surface area (Å²) in [7, 11) is 0. The van der Waals surface area contributed by atoms with Gasteiger partial charge < -0.3 is 14.5 Å². The molecule has 0 spiro atoms. The summed E-state index contributed by atoms with van der Waals surface area (Å²) in [4.78, 5) is 23.3. The molecule has 2 fully saturated rings. The largest absolute Gasteiger partial charge is 0.421 e. The number of nitrogens with one attached hydrogen (secondary N) is 1. The highest BCUT2D eigenvalue weighted by Gasteiger charge is 2.29. The molecular formula is C28H32N6O3. The Morgan fingerprint density at radius 2 is 1.89 bits per heavy atom. The third-order valence-corrected chi connectivity index (χ3v) is 7.06. The van der Waals surface area contributed by atoms with Crippen LogP contribution in [0.15, 0.2) is 39.7 Å². The number of aromatic nitrogens is 5. The number of fused-ring (bicyclic) bond motifs is 1. The van der Waals surface area contributed by atoms with Crippen molar-refractivity contribution in [1.29, 1.82) is 0 Å². The van der Waals surface area contributed by atoms with Crippen LogP contribution in [0.25, 0.3) is 33.6 Å². The first kappa shape index (κ1) is 23.8. The van der Waals surface area contributed by atoms with Crippen LogP contribution in [0.5, 0.6) is 0 Å². The zero-order valence-electron chi connectivity index (χ0n) is 21.5. The lowest BCUT2D eigenvalue weighted by atomic mass is 9.98. The maximum absolute atomic E-state index is 13.9. The van der Waals surface area contributed by atoms with E-state index in [2.05, 4.69) is 34.3 Å². The summed E-state index contributed by atoms with van der Waals surface area (Å²) < 4.78 is 13.2. The van der Waals surface area contributed by atoms with Crippen LogP contribution < -0.4 is 10.9 Å². The molecule has 0 atom stereocenters. The van der Waals surface area contributed by atoms with E-state index in [1.54, 1.807) is 0 Å². The average molecular weight is 501 g/mol. The van der Waals surface area contributed by atoms with E-state index >= 15 is 0 Å². The van der Waals surface area contributed by atoms with Gasteiger partial charge in [0.15, 0.2) is 0 Å². The fourth-order valence-corrected chi connectivity index (χ4v) is 4.93. The molecule has 1 saturated heterocycles. The van der Waals surface area contributed by atoms with Crippen LogP contribution in [-0.4, -0.2) is 44.0 Å². The minimum atomic E-state index is -0.0306. The number of pyridine rings is 1. The molecule has 0 bridgehead atoms. The Kier molecular flexibility index (Phi) is 6.24. The average Bonchev–Trinajstić information content (AvgIpc) is 3.62. The smallest absolute Gasteiger partial charge is 0.260 e. The van der Waals surface area contributed by atoms with Crippen molar-refractivity contribution in [3.63, 3.8) is 0 Å². The predicted octanol–water partition coefficient (Wildman–Crippen LogP) is 4.94. The molecule has 37 heavy (non-hydrogen) atoms. The maximum atomic E-state index is 13.9. The third-order valence-electron chi connectivity index (χ3n) is 7.06. The van der Waals surface area contributed by atoms with Crippen molar-refractivity contribution in [3.8, 4) is 22.6 Å². The summed E-state index contributed by atoms with van der Waals surface area (Å²) in [5, 5.41) is 12.7. The molecule has 2 aliphatic rings. The Balaban J connectivity index is 1.41. The number of ether oxygens (including phenoxy) is 1. The van der Waals surface area contributed by atoms with Gasteiger partial charge in [-0.25, -0.2) is 4.98 Å². The van der Waals surface area contributed by atoms with Crippen molar-refractivity contribution < 1.29 is 9.15 Å². The first-order valence-electron chi connectivity index (χ1n) is 13.2. The standard InChI is InChI=1S/C28H32N6O3/c1-16(2)12-24-32-33-26(37-24)18-5-4-17(3)22(13-18)23-14-19-15-29-28(30-20-8-10-36-11-9-20)31-25(19)34(27(23)35)21-6-7-21/h4-5,13-16,20-21H,6-12H2,1-3H3,(H,29,30,31). The molecule has 1 aliphatic heterocycles. The van der Waals surface area contributed by atoms with E-state index in [0.29, 0.717) is 34.9 Å². The van der Waals surface area contributed by atoms with Crippen LogP contribution >= 0.6 is 0 Å². The predicted molar refractivity (Wildman–Crippen MR) is 142 cm³/mol. The van der Waals surface area contributed by atoms with Crippen LogP contribution in [0.4, 0.5) is 5.95 Å². The van der Waals surface area contributed by atoms with E-state index in [1.165, 1.54) is 0 Å². The lowest BCUT2D eigenvalue weighted by Crippen LogP contribution is -2.29. The van der Waals surface area contributed by atoms with Crippen molar-refractivity contribution >= 4 is 17.0 Å². The fourth-order valence-electron chi connectivity index (χ4n) is 4.93. The highest BCUT2D eigenvalue weighted by molar-refractivity contribution is 5.83. The van der Waals surface area contributed by atoms with E-state index in [0.717, 1.165) is 67.4 Å². The summed E-state index contributed by atoms with van der Waals surface area (Å²) in [6.07, 6.45) is 6.35. The molecule has 0 unspecified atom stereocenters. The number of hydrogen-bond acceptors (Lipinski definition) is 8. The molecule has 1 aromatic carbocycles. The van der Waals surface area contributed by atoms with Gasteiger partial charge in [-0.05, 0) is 67.9 Å². The second-order valence-corrected chi connectivity index (χ2v) is 10.6. The first-order valence-corrected chi connectivity index (χ1v) is 13.2. The van der Waals surface area contributed by atoms with Gasteiger partial charge in [-0.15, -0.1) is 10.2 Å². The van der Waals surface area contributed by atoms with Crippen molar-refractivity contribution in [1.82, 2.24) is 24.7 Å². The monoisotopic (exact) mass is 500 g/mol. The molecule has 9 nitrogen and oxygen atoms in total. The Labute approximate surface area is 215 Å². The van der Waals surface area contributed by atoms with Crippen LogP contribution in [0, 0.1) is 12.8 Å². The maximum Gasteiger partial charge on any atom is 0.260 e. The van der Waals surface area contributed by atoms with Gasteiger partial charge in [-0.2, -0.15) is 4.98 Å². The molecule has 4 heterocycles. The highest BCUT2D eigenvalue weighted by Crippen LogP contribution is 2.37. The SMILES string of the molecule is Cc1ccc(-c2nnc(CC(C)C)o2)cc1-c1cc2cnc(NC3CCOCC3)nc2n(C2CC2)c1=O. The van der Waals surface area contributed by atoms with Crippen molar-refractivity contribution in [3.05, 3.63) is 52.3 Å². The van der Waals surface area contributed by atoms with Gasteiger partial charge in [-0.1, -0.05) is 19.9 Å². The number of anilines is 1. The fraction of sp³-hybridized carbons (Fsp3) is 0.464. The van der Waals surface area contributed by atoms with Crippen LogP contribution in [0.2, 0.25) is 0 Å². The second-order valence-electron chi connectivity index (χ2n) is 10.6. The normalized spacial score (nSPS) is 16.5. The molecule has 1 aliphatic carbocycles. The molecule has 1 N–H and O–H groups in total. The van der Waals surface area contributed by atoms with Gasteiger partial charge in [0.2, 0.25) is 17.7 Å². The molecular weight excluding hydrogens is 468 g/mol. The molecule has 6 rings (SSSR count). The second kappa shape index (κ2) is 9.70. The third kappa shape index (κ3) is 4.87. The zero-order valence-corrected chi connectivity index (χ0v) is 21.5. The Morgan fingerprint density at radius 3 is 2.65 bits per heavy atom. The number of nitrogens with zero attached hydrogens (tertiary/aromatic N) is 5. The van der Waals surface area contributed by atoms with Gasteiger partial charge >= 0.3 is 0 Å². The summed E-state index contributed by atoms with van der Waals surface area (Å²) >= 11 is 0. The topological polar surface area (TPSA) is 108 Å². The van der Waals surface area contributed by atoms with Gasteiger partial charge in [0.25, 0.3) is 5.56 Å². The highest BCUT2D eigenvalue weighted by atomic mass is 16.5. The van der Waals surface area contributed by atoms with Gasteiger partial charge in [0, 0.05) is 54.4 Å². The molecule has 192 valence electrons. The van der Waals surface area contributed by atoms with E-state index in [4.69, 9.17) is 14.1 Å². The number of benzene rings is 1. The van der Waals surface area contributed by atoms with E-state index in [9.17, 15) is 4.79 Å². The van der Waals surface area contributed by atoms with Gasteiger partial charge in [0.05, 0.1) is 0 Å². The van der Waals surface area contributed by atoms with E-state index in [1.807, 2.05) is 42.0 Å². The lowest BCUT2D eigenvalue weighted by Gasteiger charge is -2.23. The molecule has 4 aromatic rings. The van der Waals surface area contributed by atoms with Crippen molar-refractivity contribution in [2.75, 3.05) is 18.5 Å². The summed E-state index contributed by atoms with van der Waals surface area (Å²) in [5.41, 5.74) is 3.94. The van der Waals surface area contributed by atoms with Crippen LogP contribution in [0.3, 0.4) is 0 Å². The molecule has 9 heteroatoms. The first-order chi connectivity index (χ1) is 18.0. The molecule has 0 radical (unpaired) electrons. The van der Waals surface area contributed by atoms with Crippen molar-refractivity contribution in [2.24, 2.45) is 5.92 Å². The lowest BCUT2D eigenvalue weighted by molar-refractivity contribution is 0.0903. The van der Waals surface area contributed by atoms with Crippen molar-refractivity contribution in [2.45, 2.75) is 65.0 Å². The van der Waals surface area contributed by atoms with E-state index in [-0.39, 0.29) is 17.6 Å². The van der Waals surface area contributed by atoms with Crippen LogP contribution in [-0.2, 0) is 11.2 Å².